The Hall–Kier alpha value is -2.19. The average Bonchev–Trinajstić information content (AvgIpc) is 3.07. The van der Waals surface area contributed by atoms with Gasteiger partial charge in [0, 0.05) is 18.7 Å². The number of fused-ring (bicyclic) bond motifs is 1. The van der Waals surface area contributed by atoms with Crippen molar-refractivity contribution in [2.75, 3.05) is 27.7 Å². The molecule has 1 amide bonds. The minimum atomic E-state index is -0.460. The van der Waals surface area contributed by atoms with E-state index >= 15 is 0 Å². The van der Waals surface area contributed by atoms with Gasteiger partial charge in [-0.05, 0) is 75.2 Å². The van der Waals surface area contributed by atoms with Gasteiger partial charge < -0.3 is 9.64 Å². The zero-order valence-corrected chi connectivity index (χ0v) is 17.5. The lowest BCUT2D eigenvalue weighted by molar-refractivity contribution is -0.162. The third-order valence-electron chi connectivity index (χ3n) is 5.19. The van der Waals surface area contributed by atoms with E-state index in [4.69, 9.17) is 4.74 Å². The summed E-state index contributed by atoms with van der Waals surface area (Å²) in [5.74, 6) is -0.266. The van der Waals surface area contributed by atoms with Gasteiger partial charge in [-0.15, -0.1) is 12.4 Å². The number of aromatic nitrogens is 2. The Kier molecular flexibility index (Phi) is 7.01. The lowest BCUT2D eigenvalue weighted by Crippen LogP contribution is -2.45. The first-order chi connectivity index (χ1) is 12.8. The third kappa shape index (κ3) is 4.99. The van der Waals surface area contributed by atoms with E-state index in [2.05, 4.69) is 14.9 Å². The molecule has 8 nitrogen and oxygen atoms in total. The van der Waals surface area contributed by atoms with Gasteiger partial charge in [-0.2, -0.15) is 0 Å². The third-order valence-corrected chi connectivity index (χ3v) is 5.19. The molecular formula is C19H27ClN4O4. The molecule has 0 radical (unpaired) electrons. The van der Waals surface area contributed by atoms with Gasteiger partial charge in [0.25, 0.3) is 5.91 Å². The number of carbonyl (C=O) groups is 2. The van der Waals surface area contributed by atoms with Crippen molar-refractivity contribution < 1.29 is 19.0 Å². The highest BCUT2D eigenvalue weighted by Crippen LogP contribution is 2.34. The molecule has 1 aromatic heterocycles. The van der Waals surface area contributed by atoms with Gasteiger partial charge in [0.05, 0.1) is 6.54 Å². The number of esters is 1. The number of ether oxygens (including phenoxy) is 1. The van der Waals surface area contributed by atoms with Crippen molar-refractivity contribution in [3.8, 4) is 0 Å². The molecule has 0 bridgehead atoms. The molecule has 0 N–H and O–H groups in total. The Morgan fingerprint density at radius 2 is 1.82 bits per heavy atom. The van der Waals surface area contributed by atoms with Crippen molar-refractivity contribution in [1.82, 2.24) is 20.1 Å². The van der Waals surface area contributed by atoms with E-state index in [-0.39, 0.29) is 36.9 Å². The highest BCUT2D eigenvalue weighted by Gasteiger charge is 2.36. The molecule has 1 aliphatic rings. The number of likely N-dealkylation sites (N-methyl/N-ethyl adjacent to an activating group) is 1. The second kappa shape index (κ2) is 8.87. The van der Waals surface area contributed by atoms with Gasteiger partial charge in [-0.3, -0.25) is 14.5 Å². The fraction of sp³-hybridized carbons (Fsp3) is 0.579. The molecule has 1 fully saturated rings. The number of carbonyl (C=O) groups excluding carboxylic acids is 2. The summed E-state index contributed by atoms with van der Waals surface area (Å²) < 4.78 is 10.4. The van der Waals surface area contributed by atoms with Crippen LogP contribution in [0.4, 0.5) is 0 Å². The van der Waals surface area contributed by atoms with E-state index < -0.39 is 5.60 Å². The predicted octanol–water partition coefficient (Wildman–Crippen LogP) is 2.52. The van der Waals surface area contributed by atoms with Crippen LogP contribution in [-0.2, 0) is 9.53 Å². The summed E-state index contributed by atoms with van der Waals surface area (Å²) in [6.07, 6.45) is 3.06. The van der Waals surface area contributed by atoms with E-state index in [1.54, 1.807) is 28.0 Å². The average molecular weight is 411 g/mol. The molecule has 3 rings (SSSR count). The minimum Gasteiger partial charge on any atom is -0.458 e. The van der Waals surface area contributed by atoms with Crippen LogP contribution in [0.5, 0.6) is 0 Å². The summed E-state index contributed by atoms with van der Waals surface area (Å²) in [5.41, 5.74) is 1.30. The standard InChI is InChI=1S/C19H26N4O4.ClH/c1-19(26-17(24)12-22(2)3)9-7-14(8-10-19)23(4)18(25)13-5-6-15-16(11-13)21-27-20-15;/h5-6,11,14H,7-10,12H2,1-4H3;1H/t14-,19-;. The van der Waals surface area contributed by atoms with Crippen molar-refractivity contribution in [2.45, 2.75) is 44.2 Å². The Balaban J connectivity index is 0.00000280. The van der Waals surface area contributed by atoms with Crippen molar-refractivity contribution in [2.24, 2.45) is 0 Å². The number of amides is 1. The molecule has 28 heavy (non-hydrogen) atoms. The molecular weight excluding hydrogens is 384 g/mol. The van der Waals surface area contributed by atoms with E-state index in [9.17, 15) is 9.59 Å². The first-order valence-electron chi connectivity index (χ1n) is 9.13. The predicted molar refractivity (Wildman–Crippen MR) is 106 cm³/mol. The Morgan fingerprint density at radius 3 is 2.46 bits per heavy atom. The zero-order valence-electron chi connectivity index (χ0n) is 16.7. The van der Waals surface area contributed by atoms with Crippen molar-refractivity contribution >= 4 is 35.3 Å². The van der Waals surface area contributed by atoms with Crippen LogP contribution in [0.3, 0.4) is 0 Å². The molecule has 9 heteroatoms. The van der Waals surface area contributed by atoms with Crippen LogP contribution >= 0.6 is 12.4 Å². The highest BCUT2D eigenvalue weighted by atomic mass is 35.5. The largest absolute Gasteiger partial charge is 0.458 e. The minimum absolute atomic E-state index is 0. The molecule has 1 heterocycles. The first-order valence-corrected chi connectivity index (χ1v) is 9.13. The number of hydrogen-bond acceptors (Lipinski definition) is 7. The van der Waals surface area contributed by atoms with E-state index in [0.717, 1.165) is 25.7 Å². The summed E-state index contributed by atoms with van der Waals surface area (Å²) in [5, 5.41) is 7.55. The number of nitrogens with zero attached hydrogens (tertiary/aromatic N) is 4. The molecule has 0 saturated heterocycles. The quantitative estimate of drug-likeness (QED) is 0.699. The van der Waals surface area contributed by atoms with Crippen LogP contribution in [0, 0.1) is 0 Å². The molecule has 0 unspecified atom stereocenters. The smallest absolute Gasteiger partial charge is 0.320 e. The van der Waals surface area contributed by atoms with Crippen molar-refractivity contribution in [1.29, 1.82) is 0 Å². The summed E-state index contributed by atoms with van der Waals surface area (Å²) in [4.78, 5) is 28.4. The monoisotopic (exact) mass is 410 g/mol. The molecule has 1 saturated carbocycles. The van der Waals surface area contributed by atoms with Crippen LogP contribution in [0.1, 0.15) is 43.0 Å². The highest BCUT2D eigenvalue weighted by molar-refractivity contribution is 5.97. The molecule has 154 valence electrons. The number of hydrogen-bond donors (Lipinski definition) is 0. The molecule has 1 aliphatic carbocycles. The summed E-state index contributed by atoms with van der Waals surface area (Å²) in [6.45, 7) is 2.25. The Labute approximate surface area is 170 Å². The fourth-order valence-corrected chi connectivity index (χ4v) is 3.55. The zero-order chi connectivity index (χ0) is 19.6. The maximum atomic E-state index is 12.8. The van der Waals surface area contributed by atoms with Gasteiger partial charge in [0.1, 0.15) is 16.6 Å². The summed E-state index contributed by atoms with van der Waals surface area (Å²) in [7, 11) is 5.50. The van der Waals surface area contributed by atoms with Crippen LogP contribution in [0.2, 0.25) is 0 Å². The summed E-state index contributed by atoms with van der Waals surface area (Å²) in [6, 6.07) is 5.28. The molecule has 2 aromatic rings. The van der Waals surface area contributed by atoms with Crippen LogP contribution in [0.15, 0.2) is 22.8 Å². The van der Waals surface area contributed by atoms with Gasteiger partial charge in [0.15, 0.2) is 0 Å². The van der Waals surface area contributed by atoms with Crippen LogP contribution < -0.4 is 0 Å². The maximum absolute atomic E-state index is 12.8. The normalized spacial score (nSPS) is 22.0. The van der Waals surface area contributed by atoms with Crippen LogP contribution in [-0.4, -0.2) is 71.3 Å². The molecule has 0 atom stereocenters. The number of benzene rings is 1. The number of halogens is 1. The van der Waals surface area contributed by atoms with Gasteiger partial charge in [0.2, 0.25) is 0 Å². The van der Waals surface area contributed by atoms with E-state index in [1.807, 2.05) is 28.1 Å². The second-order valence-electron chi connectivity index (χ2n) is 7.78. The maximum Gasteiger partial charge on any atom is 0.320 e. The lowest BCUT2D eigenvalue weighted by atomic mass is 9.82. The van der Waals surface area contributed by atoms with E-state index in [0.29, 0.717) is 16.6 Å². The summed E-state index contributed by atoms with van der Waals surface area (Å²) >= 11 is 0. The topological polar surface area (TPSA) is 88.8 Å². The van der Waals surface area contributed by atoms with Gasteiger partial charge in [-0.25, -0.2) is 4.63 Å². The van der Waals surface area contributed by atoms with Gasteiger partial charge >= 0.3 is 5.97 Å². The molecule has 0 spiro atoms. The lowest BCUT2D eigenvalue weighted by Gasteiger charge is -2.40. The van der Waals surface area contributed by atoms with Gasteiger partial charge in [-0.1, -0.05) is 0 Å². The fourth-order valence-electron chi connectivity index (χ4n) is 3.55. The Morgan fingerprint density at radius 1 is 1.18 bits per heavy atom. The van der Waals surface area contributed by atoms with Crippen molar-refractivity contribution in [3.05, 3.63) is 23.8 Å². The first kappa shape index (κ1) is 22.1. The number of rotatable bonds is 5. The second-order valence-corrected chi connectivity index (χ2v) is 7.78. The SMILES string of the molecule is CN(C)CC(=O)O[C@]1(C)CC[C@@H](N(C)C(=O)c2ccc3nonc3c2)CC1.Cl. The van der Waals surface area contributed by atoms with Crippen LogP contribution in [0.25, 0.3) is 11.0 Å². The Bertz CT molecular complexity index is 830. The molecule has 0 aliphatic heterocycles. The van der Waals surface area contributed by atoms with E-state index in [1.165, 1.54) is 0 Å². The van der Waals surface area contributed by atoms with Crippen molar-refractivity contribution in [3.63, 3.8) is 0 Å². The molecule has 1 aromatic carbocycles.